The number of hydrogen-bond acceptors (Lipinski definition) is 2. The molecule has 0 heterocycles. The van der Waals surface area contributed by atoms with E-state index in [1.807, 2.05) is 44.2 Å². The van der Waals surface area contributed by atoms with Crippen LogP contribution in [0.25, 0.3) is 0 Å². The van der Waals surface area contributed by atoms with Gasteiger partial charge in [-0.15, -0.1) is 0 Å². The lowest BCUT2D eigenvalue weighted by molar-refractivity contribution is 0.0955. The van der Waals surface area contributed by atoms with Crippen molar-refractivity contribution in [2.45, 2.75) is 13.8 Å². The normalized spacial score (nSPS) is 10.8. The summed E-state index contributed by atoms with van der Waals surface area (Å²) in [6.45, 7) is 4.00. The number of halogens is 1. The Morgan fingerprint density at radius 3 is 2.50 bits per heavy atom. The van der Waals surface area contributed by atoms with Crippen LogP contribution in [0, 0.1) is 13.8 Å². The van der Waals surface area contributed by atoms with E-state index < -0.39 is 0 Å². The van der Waals surface area contributed by atoms with E-state index in [0.717, 1.165) is 15.6 Å². The molecule has 0 aliphatic rings. The Hall–Kier alpha value is -1.94. The van der Waals surface area contributed by atoms with E-state index in [0.29, 0.717) is 5.56 Å². The van der Waals surface area contributed by atoms with Crippen LogP contribution in [-0.4, -0.2) is 12.1 Å². The maximum Gasteiger partial charge on any atom is 0.271 e. The minimum Gasteiger partial charge on any atom is -0.267 e. The number of nitrogens with zero attached hydrogens (tertiary/aromatic N) is 1. The molecule has 4 heteroatoms. The first-order valence-corrected chi connectivity index (χ1v) is 7.02. The molecule has 0 aliphatic heterocycles. The van der Waals surface area contributed by atoms with Gasteiger partial charge in [-0.25, -0.2) is 5.43 Å². The van der Waals surface area contributed by atoms with Crippen LogP contribution in [0.15, 0.2) is 52.0 Å². The van der Waals surface area contributed by atoms with Gasteiger partial charge in [0.1, 0.15) is 0 Å². The van der Waals surface area contributed by atoms with Gasteiger partial charge in [0.2, 0.25) is 0 Å². The number of aryl methyl sites for hydroxylation is 2. The second kappa shape index (κ2) is 6.48. The van der Waals surface area contributed by atoms with Crippen molar-refractivity contribution in [2.24, 2.45) is 5.10 Å². The molecule has 1 amide bonds. The topological polar surface area (TPSA) is 41.5 Å². The highest BCUT2D eigenvalue weighted by molar-refractivity contribution is 9.10. The Morgan fingerprint density at radius 2 is 1.85 bits per heavy atom. The van der Waals surface area contributed by atoms with Crippen molar-refractivity contribution in [3.05, 3.63) is 69.2 Å². The maximum absolute atomic E-state index is 11.9. The minimum absolute atomic E-state index is 0.228. The van der Waals surface area contributed by atoms with Gasteiger partial charge in [-0.3, -0.25) is 4.79 Å². The third-order valence-corrected chi connectivity index (χ3v) is 3.75. The summed E-state index contributed by atoms with van der Waals surface area (Å²) in [7, 11) is 0. The largest absolute Gasteiger partial charge is 0.271 e. The van der Waals surface area contributed by atoms with Crippen LogP contribution in [0.3, 0.4) is 0 Å². The molecule has 1 N–H and O–H groups in total. The van der Waals surface area contributed by atoms with Crippen molar-refractivity contribution in [3.8, 4) is 0 Å². The molecule has 0 radical (unpaired) electrons. The molecule has 0 saturated carbocycles. The maximum atomic E-state index is 11.9. The van der Waals surface area contributed by atoms with Gasteiger partial charge in [0.25, 0.3) is 5.91 Å². The Balaban J connectivity index is 2.01. The Morgan fingerprint density at radius 1 is 1.15 bits per heavy atom. The molecule has 0 unspecified atom stereocenters. The number of hydrazone groups is 1. The van der Waals surface area contributed by atoms with E-state index in [4.69, 9.17) is 0 Å². The lowest BCUT2D eigenvalue weighted by Gasteiger charge is -2.02. The average Bonchev–Trinajstić information content (AvgIpc) is 2.44. The highest BCUT2D eigenvalue weighted by Gasteiger charge is 2.05. The second-order valence-corrected chi connectivity index (χ2v) is 5.43. The van der Waals surface area contributed by atoms with Crippen molar-refractivity contribution in [3.63, 3.8) is 0 Å². The van der Waals surface area contributed by atoms with Gasteiger partial charge in [0, 0.05) is 10.0 Å². The molecule has 0 bridgehead atoms. The van der Waals surface area contributed by atoms with Crippen molar-refractivity contribution >= 4 is 28.1 Å². The van der Waals surface area contributed by atoms with Gasteiger partial charge < -0.3 is 0 Å². The van der Waals surface area contributed by atoms with Gasteiger partial charge in [-0.05, 0) is 37.1 Å². The minimum atomic E-state index is -0.228. The van der Waals surface area contributed by atoms with Crippen LogP contribution in [0.2, 0.25) is 0 Å². The van der Waals surface area contributed by atoms with Crippen molar-refractivity contribution < 1.29 is 4.79 Å². The van der Waals surface area contributed by atoms with Crippen LogP contribution in [0.5, 0.6) is 0 Å². The first kappa shape index (κ1) is 14.5. The van der Waals surface area contributed by atoms with Gasteiger partial charge in [-0.1, -0.05) is 51.8 Å². The van der Waals surface area contributed by atoms with Crippen molar-refractivity contribution in [2.75, 3.05) is 0 Å². The third-order valence-electron chi connectivity index (χ3n) is 2.89. The zero-order valence-electron chi connectivity index (χ0n) is 11.4. The van der Waals surface area contributed by atoms with E-state index in [9.17, 15) is 4.79 Å². The van der Waals surface area contributed by atoms with Crippen LogP contribution >= 0.6 is 15.9 Å². The number of nitrogens with one attached hydrogen (secondary N) is 1. The van der Waals surface area contributed by atoms with Gasteiger partial charge in [-0.2, -0.15) is 5.10 Å². The Bertz CT molecular complexity index is 648. The summed E-state index contributed by atoms with van der Waals surface area (Å²) in [6.07, 6.45) is 1.63. The van der Waals surface area contributed by atoms with Gasteiger partial charge >= 0.3 is 0 Å². The van der Waals surface area contributed by atoms with Crippen molar-refractivity contribution in [1.82, 2.24) is 5.43 Å². The fourth-order valence-corrected chi connectivity index (χ4v) is 2.00. The smallest absolute Gasteiger partial charge is 0.267 e. The number of carbonyl (C=O) groups excluding carboxylic acids is 1. The fourth-order valence-electron chi connectivity index (χ4n) is 1.62. The van der Waals surface area contributed by atoms with Crippen LogP contribution < -0.4 is 5.43 Å². The van der Waals surface area contributed by atoms with E-state index in [1.165, 1.54) is 5.56 Å². The Labute approximate surface area is 126 Å². The lowest BCUT2D eigenvalue weighted by atomic mass is 10.1. The predicted octanol–water partition coefficient (Wildman–Crippen LogP) is 3.83. The number of benzene rings is 2. The van der Waals surface area contributed by atoms with E-state index >= 15 is 0 Å². The molecule has 2 rings (SSSR count). The van der Waals surface area contributed by atoms with Gasteiger partial charge in [0.05, 0.1) is 6.21 Å². The quantitative estimate of drug-likeness (QED) is 0.674. The molecular formula is C16H15BrN2O. The van der Waals surface area contributed by atoms with Crippen LogP contribution in [0.4, 0.5) is 0 Å². The first-order chi connectivity index (χ1) is 9.56. The SMILES string of the molecule is Cc1ccc(/C=N/NC(=O)c2ccc(C)c(Br)c2)cc1. The summed E-state index contributed by atoms with van der Waals surface area (Å²) in [4.78, 5) is 11.9. The third kappa shape index (κ3) is 3.78. The second-order valence-electron chi connectivity index (χ2n) is 4.57. The number of amides is 1. The summed E-state index contributed by atoms with van der Waals surface area (Å²) in [5, 5.41) is 3.96. The van der Waals surface area contributed by atoms with E-state index in [1.54, 1.807) is 18.3 Å². The molecule has 20 heavy (non-hydrogen) atoms. The van der Waals surface area contributed by atoms with E-state index in [-0.39, 0.29) is 5.91 Å². The average molecular weight is 331 g/mol. The zero-order valence-corrected chi connectivity index (χ0v) is 12.9. The highest BCUT2D eigenvalue weighted by Crippen LogP contribution is 2.17. The number of carbonyl (C=O) groups is 1. The molecule has 102 valence electrons. The molecular weight excluding hydrogens is 316 g/mol. The molecule has 0 spiro atoms. The fraction of sp³-hybridized carbons (Fsp3) is 0.125. The first-order valence-electron chi connectivity index (χ1n) is 6.22. The molecule has 0 aromatic heterocycles. The molecule has 0 fully saturated rings. The molecule has 3 nitrogen and oxygen atoms in total. The molecule has 0 aliphatic carbocycles. The summed E-state index contributed by atoms with van der Waals surface area (Å²) < 4.78 is 0.910. The molecule has 0 atom stereocenters. The zero-order chi connectivity index (χ0) is 14.5. The number of hydrogen-bond donors (Lipinski definition) is 1. The highest BCUT2D eigenvalue weighted by atomic mass is 79.9. The summed E-state index contributed by atoms with van der Waals surface area (Å²) in [6, 6.07) is 13.4. The summed E-state index contributed by atoms with van der Waals surface area (Å²) in [5.74, 6) is -0.228. The monoisotopic (exact) mass is 330 g/mol. The standard InChI is InChI=1S/C16H15BrN2O/c1-11-3-6-13(7-4-11)10-18-19-16(20)14-8-5-12(2)15(17)9-14/h3-10H,1-2H3,(H,19,20)/b18-10+. The molecule has 0 saturated heterocycles. The summed E-state index contributed by atoms with van der Waals surface area (Å²) in [5.41, 5.74) is 6.31. The van der Waals surface area contributed by atoms with Crippen LogP contribution in [-0.2, 0) is 0 Å². The van der Waals surface area contributed by atoms with Gasteiger partial charge in [0.15, 0.2) is 0 Å². The Kier molecular flexibility index (Phi) is 4.69. The van der Waals surface area contributed by atoms with Crippen LogP contribution in [0.1, 0.15) is 27.0 Å². The van der Waals surface area contributed by atoms with Crippen molar-refractivity contribution in [1.29, 1.82) is 0 Å². The predicted molar refractivity (Wildman–Crippen MR) is 85.1 cm³/mol. The molecule has 2 aromatic carbocycles. The lowest BCUT2D eigenvalue weighted by Crippen LogP contribution is -2.17. The number of rotatable bonds is 3. The summed E-state index contributed by atoms with van der Waals surface area (Å²) >= 11 is 3.41. The molecule has 2 aromatic rings. The van der Waals surface area contributed by atoms with E-state index in [2.05, 4.69) is 26.5 Å².